The number of hydrogen-bond acceptors (Lipinski definition) is 8. The number of aromatic nitrogens is 2. The van der Waals surface area contributed by atoms with Crippen molar-refractivity contribution in [2.75, 3.05) is 10.6 Å². The van der Waals surface area contributed by atoms with Gasteiger partial charge in [0.25, 0.3) is 0 Å². The van der Waals surface area contributed by atoms with Crippen LogP contribution in [0.1, 0.15) is 42.8 Å². The highest BCUT2D eigenvalue weighted by atomic mass is 32.2. The fourth-order valence-corrected chi connectivity index (χ4v) is 4.48. The Bertz CT molecular complexity index is 939. The number of amides is 1. The summed E-state index contributed by atoms with van der Waals surface area (Å²) in [5.41, 5.74) is 1.29. The Morgan fingerprint density at radius 3 is 2.69 bits per heavy atom. The average molecular weight is 431 g/mol. The van der Waals surface area contributed by atoms with E-state index in [-0.39, 0.29) is 16.9 Å². The summed E-state index contributed by atoms with van der Waals surface area (Å²) in [6, 6.07) is 10.7. The lowest BCUT2D eigenvalue weighted by Crippen LogP contribution is -2.14. The summed E-state index contributed by atoms with van der Waals surface area (Å²) < 4.78 is 5.99. The van der Waals surface area contributed by atoms with Gasteiger partial charge in [-0.25, -0.2) is 0 Å². The van der Waals surface area contributed by atoms with Crippen molar-refractivity contribution >= 4 is 45.6 Å². The summed E-state index contributed by atoms with van der Waals surface area (Å²) in [6.07, 6.45) is 2.90. The van der Waals surface area contributed by atoms with Crippen molar-refractivity contribution in [2.24, 2.45) is 0 Å². The number of thioether (sulfide) groups is 1. The zero-order valence-corrected chi connectivity index (χ0v) is 17.8. The maximum absolute atomic E-state index is 12.7. The van der Waals surface area contributed by atoms with Crippen LogP contribution in [0.4, 0.5) is 10.8 Å². The molecule has 152 valence electrons. The zero-order valence-electron chi connectivity index (χ0n) is 16.2. The van der Waals surface area contributed by atoms with Gasteiger partial charge in [0.05, 0.1) is 18.1 Å². The molecule has 0 aliphatic carbocycles. The molecule has 1 amide bonds. The number of carbonyl (C=O) groups is 2. The minimum Gasteiger partial charge on any atom is -0.467 e. The Kier molecular flexibility index (Phi) is 7.42. The van der Waals surface area contributed by atoms with Crippen LogP contribution < -0.4 is 10.6 Å². The second kappa shape index (κ2) is 10.2. The molecule has 0 radical (unpaired) electrons. The minimum atomic E-state index is -0.304. The van der Waals surface area contributed by atoms with Crippen LogP contribution >= 0.6 is 23.1 Å². The smallest absolute Gasteiger partial charge is 0.224 e. The summed E-state index contributed by atoms with van der Waals surface area (Å²) in [6.45, 7) is 4.33. The number of hydrogen-bond donors (Lipinski definition) is 2. The number of nitrogens with one attached hydrogen (secondary N) is 2. The van der Waals surface area contributed by atoms with Crippen LogP contribution in [-0.4, -0.2) is 27.1 Å². The minimum absolute atomic E-state index is 0.00160. The molecule has 1 atom stereocenters. The van der Waals surface area contributed by atoms with Crippen LogP contribution in [0, 0.1) is 0 Å². The Hall–Kier alpha value is -2.65. The molecule has 0 aliphatic rings. The van der Waals surface area contributed by atoms with Crippen LogP contribution in [0.3, 0.4) is 0 Å². The summed E-state index contributed by atoms with van der Waals surface area (Å²) >= 11 is 2.77. The summed E-state index contributed by atoms with van der Waals surface area (Å²) in [7, 11) is 0. The predicted molar refractivity (Wildman–Crippen MR) is 116 cm³/mol. The van der Waals surface area contributed by atoms with E-state index in [1.807, 2.05) is 26.0 Å². The molecule has 0 spiro atoms. The number of benzene rings is 1. The highest BCUT2D eigenvalue weighted by Crippen LogP contribution is 2.30. The van der Waals surface area contributed by atoms with Gasteiger partial charge in [-0.2, -0.15) is 0 Å². The molecule has 2 N–H and O–H groups in total. The molecular formula is C20H22N4O3S2. The molecule has 2 aromatic heterocycles. The van der Waals surface area contributed by atoms with Crippen molar-refractivity contribution in [3.8, 4) is 0 Å². The molecule has 0 bridgehead atoms. The van der Waals surface area contributed by atoms with E-state index in [0.717, 1.165) is 16.5 Å². The number of Topliss-reactive ketones (excluding diaryl/α,β-unsaturated/α-hetero) is 1. The van der Waals surface area contributed by atoms with Crippen molar-refractivity contribution in [2.45, 2.75) is 42.8 Å². The van der Waals surface area contributed by atoms with Crippen LogP contribution in [0.5, 0.6) is 0 Å². The molecule has 0 saturated heterocycles. The summed E-state index contributed by atoms with van der Waals surface area (Å²) in [4.78, 5) is 24.3. The highest BCUT2D eigenvalue weighted by molar-refractivity contribution is 8.02. The van der Waals surface area contributed by atoms with Gasteiger partial charge in [0.2, 0.25) is 11.0 Å². The third-order valence-electron chi connectivity index (χ3n) is 3.98. The van der Waals surface area contributed by atoms with E-state index in [0.29, 0.717) is 29.3 Å². The molecule has 29 heavy (non-hydrogen) atoms. The first kappa shape index (κ1) is 21.1. The Labute approximate surface area is 177 Å². The first-order chi connectivity index (χ1) is 14.0. The topological polar surface area (TPSA) is 97.1 Å². The standard InChI is InChI=1S/C20H22N4O3S2/c1-3-5-17(25)22-15-9-7-14(8-10-15)18(26)13(2)28-20-24-23-19(29-20)21-12-16-6-4-11-27-16/h4,6-11,13H,3,5,12H2,1-2H3,(H,21,23)(H,22,25)/t13-/m0/s1. The van der Waals surface area contributed by atoms with Crippen LogP contribution in [-0.2, 0) is 11.3 Å². The monoisotopic (exact) mass is 430 g/mol. The van der Waals surface area contributed by atoms with E-state index in [4.69, 9.17) is 4.42 Å². The number of anilines is 2. The van der Waals surface area contributed by atoms with Crippen LogP contribution in [0.25, 0.3) is 0 Å². The quantitative estimate of drug-likeness (QED) is 0.351. The number of ketones is 1. The van der Waals surface area contributed by atoms with E-state index in [9.17, 15) is 9.59 Å². The summed E-state index contributed by atoms with van der Waals surface area (Å²) in [5.74, 6) is 0.789. The molecule has 0 unspecified atom stereocenters. The number of nitrogens with zero attached hydrogens (tertiary/aromatic N) is 2. The van der Waals surface area contributed by atoms with Gasteiger partial charge in [-0.3, -0.25) is 9.59 Å². The molecule has 2 heterocycles. The lowest BCUT2D eigenvalue weighted by atomic mass is 10.1. The highest BCUT2D eigenvalue weighted by Gasteiger charge is 2.19. The number of furan rings is 1. The Balaban J connectivity index is 1.53. The largest absolute Gasteiger partial charge is 0.467 e. The van der Waals surface area contributed by atoms with Gasteiger partial charge in [0, 0.05) is 17.7 Å². The van der Waals surface area contributed by atoms with E-state index in [2.05, 4.69) is 20.8 Å². The van der Waals surface area contributed by atoms with Crippen molar-refractivity contribution in [3.05, 3.63) is 54.0 Å². The molecule has 9 heteroatoms. The van der Waals surface area contributed by atoms with Crippen LogP contribution in [0.2, 0.25) is 0 Å². The first-order valence-electron chi connectivity index (χ1n) is 9.25. The van der Waals surface area contributed by atoms with Gasteiger partial charge in [-0.1, -0.05) is 30.0 Å². The lowest BCUT2D eigenvalue weighted by molar-refractivity contribution is -0.116. The van der Waals surface area contributed by atoms with Gasteiger partial charge in [0.15, 0.2) is 10.1 Å². The lowest BCUT2D eigenvalue weighted by Gasteiger charge is -2.09. The molecule has 3 aromatic rings. The van der Waals surface area contributed by atoms with Crippen molar-refractivity contribution in [1.29, 1.82) is 0 Å². The maximum Gasteiger partial charge on any atom is 0.224 e. The Morgan fingerprint density at radius 2 is 2.00 bits per heavy atom. The molecule has 0 fully saturated rings. The van der Waals surface area contributed by atoms with Crippen molar-refractivity contribution in [1.82, 2.24) is 10.2 Å². The molecule has 3 rings (SSSR count). The molecule has 0 aliphatic heterocycles. The zero-order chi connectivity index (χ0) is 20.6. The second-order valence-electron chi connectivity index (χ2n) is 6.31. The molecular weight excluding hydrogens is 408 g/mol. The van der Waals surface area contributed by atoms with Crippen molar-refractivity contribution < 1.29 is 14.0 Å². The average Bonchev–Trinajstić information content (AvgIpc) is 3.38. The SMILES string of the molecule is CCCC(=O)Nc1ccc(C(=O)[C@H](C)Sc2nnc(NCc3ccco3)s2)cc1. The van der Waals surface area contributed by atoms with Gasteiger partial charge in [-0.05, 0) is 49.7 Å². The second-order valence-corrected chi connectivity index (χ2v) is 8.87. The first-order valence-corrected chi connectivity index (χ1v) is 11.0. The fraction of sp³-hybridized carbons (Fsp3) is 0.300. The molecule has 7 nitrogen and oxygen atoms in total. The maximum atomic E-state index is 12.7. The number of carbonyl (C=O) groups excluding carboxylic acids is 2. The van der Waals surface area contributed by atoms with E-state index < -0.39 is 0 Å². The van der Waals surface area contributed by atoms with Gasteiger partial charge < -0.3 is 15.1 Å². The number of rotatable bonds is 10. The molecule has 1 aromatic carbocycles. The van der Waals surface area contributed by atoms with Crippen molar-refractivity contribution in [3.63, 3.8) is 0 Å². The molecule has 0 saturated carbocycles. The van der Waals surface area contributed by atoms with E-state index in [1.54, 1.807) is 30.5 Å². The normalized spacial score (nSPS) is 11.8. The summed E-state index contributed by atoms with van der Waals surface area (Å²) in [5, 5.41) is 14.6. The van der Waals surface area contributed by atoms with Gasteiger partial charge in [0.1, 0.15) is 5.76 Å². The van der Waals surface area contributed by atoms with E-state index in [1.165, 1.54) is 23.1 Å². The third kappa shape index (κ3) is 6.16. The van der Waals surface area contributed by atoms with Gasteiger partial charge in [-0.15, -0.1) is 10.2 Å². The van der Waals surface area contributed by atoms with Crippen LogP contribution in [0.15, 0.2) is 51.4 Å². The Morgan fingerprint density at radius 1 is 1.21 bits per heavy atom. The van der Waals surface area contributed by atoms with E-state index >= 15 is 0 Å². The fourth-order valence-electron chi connectivity index (χ4n) is 2.51. The van der Waals surface area contributed by atoms with Gasteiger partial charge >= 0.3 is 0 Å². The predicted octanol–water partition coefficient (Wildman–Crippen LogP) is 4.85. The third-order valence-corrected chi connectivity index (χ3v) is 6.04.